The van der Waals surface area contributed by atoms with Crippen molar-refractivity contribution in [2.24, 2.45) is 0 Å². The number of nitrogens with zero attached hydrogens (tertiary/aromatic N) is 3. The number of benzene rings is 2. The molecule has 1 saturated heterocycles. The number of amides is 1. The molecule has 1 aliphatic heterocycles. The van der Waals surface area contributed by atoms with E-state index in [0.29, 0.717) is 30.0 Å². The molecule has 4 rings (SSSR count). The van der Waals surface area contributed by atoms with E-state index in [1.165, 1.54) is 31.4 Å². The lowest BCUT2D eigenvalue weighted by Gasteiger charge is -2.33. The van der Waals surface area contributed by atoms with Crippen LogP contribution >= 0.6 is 0 Å². The second kappa shape index (κ2) is 11.5. The number of nitrogens with two attached hydrogens (primary N) is 1. The average molecular weight is 524 g/mol. The SMILES string of the molecule is COc1ccc(C(=O)Nc2ccc(CN3CCN(C)CC3)c(C(F)(F)F)c2)cc1C#Cc1cccnc1N. The Labute approximate surface area is 219 Å². The molecular formula is C28H28F3N5O2. The molecule has 1 amide bonds. The normalized spacial score (nSPS) is 14.4. The number of pyridine rings is 1. The number of ether oxygens (including phenoxy) is 1. The summed E-state index contributed by atoms with van der Waals surface area (Å²) < 4.78 is 47.1. The van der Waals surface area contributed by atoms with Crippen LogP contribution in [0, 0.1) is 11.8 Å². The quantitative estimate of drug-likeness (QED) is 0.491. The number of piperazine rings is 1. The van der Waals surface area contributed by atoms with Gasteiger partial charge in [-0.2, -0.15) is 13.2 Å². The summed E-state index contributed by atoms with van der Waals surface area (Å²) in [6.07, 6.45) is -3.01. The van der Waals surface area contributed by atoms with Crippen molar-refractivity contribution in [1.82, 2.24) is 14.8 Å². The van der Waals surface area contributed by atoms with Gasteiger partial charge in [0, 0.05) is 50.2 Å². The molecule has 0 spiro atoms. The van der Waals surface area contributed by atoms with E-state index in [-0.39, 0.29) is 29.2 Å². The monoisotopic (exact) mass is 523 g/mol. The highest BCUT2D eigenvalue weighted by atomic mass is 19.4. The number of nitrogen functional groups attached to an aromatic ring is 1. The van der Waals surface area contributed by atoms with Crippen LogP contribution in [0.2, 0.25) is 0 Å². The zero-order chi connectivity index (χ0) is 27.3. The van der Waals surface area contributed by atoms with Crippen molar-refractivity contribution in [1.29, 1.82) is 0 Å². The summed E-state index contributed by atoms with van der Waals surface area (Å²) in [5.74, 6) is 5.96. The highest BCUT2D eigenvalue weighted by Gasteiger charge is 2.34. The Bertz CT molecular complexity index is 1370. The molecule has 198 valence electrons. The molecule has 0 atom stereocenters. The lowest BCUT2D eigenvalue weighted by atomic mass is 10.0. The molecule has 3 aromatic rings. The maximum Gasteiger partial charge on any atom is 0.416 e. The van der Waals surface area contributed by atoms with Gasteiger partial charge >= 0.3 is 6.18 Å². The van der Waals surface area contributed by atoms with Gasteiger partial charge in [0.2, 0.25) is 0 Å². The number of methoxy groups -OCH3 is 1. The van der Waals surface area contributed by atoms with Crippen LogP contribution in [0.1, 0.15) is 32.6 Å². The topological polar surface area (TPSA) is 83.7 Å². The van der Waals surface area contributed by atoms with Crippen LogP contribution in [-0.2, 0) is 12.7 Å². The summed E-state index contributed by atoms with van der Waals surface area (Å²) >= 11 is 0. The van der Waals surface area contributed by atoms with Crippen LogP contribution < -0.4 is 15.8 Å². The van der Waals surface area contributed by atoms with Crippen LogP contribution in [0.4, 0.5) is 24.7 Å². The third-order valence-corrected chi connectivity index (χ3v) is 6.30. The van der Waals surface area contributed by atoms with E-state index in [9.17, 15) is 18.0 Å². The molecule has 0 bridgehead atoms. The maximum atomic E-state index is 13.9. The van der Waals surface area contributed by atoms with E-state index >= 15 is 0 Å². The third kappa shape index (κ3) is 6.62. The molecule has 1 aromatic heterocycles. The number of anilines is 2. The van der Waals surface area contributed by atoms with E-state index in [4.69, 9.17) is 10.5 Å². The fourth-order valence-electron chi connectivity index (χ4n) is 4.11. The fraction of sp³-hybridized carbons (Fsp3) is 0.286. The standard InChI is InChI=1S/C28H28F3N5O2/c1-35-12-14-36(15-13-35)18-22-7-9-23(17-24(22)28(29,30)31)34-27(37)21-8-10-25(38-2)20(16-21)6-5-19-4-3-11-33-26(19)32/h3-4,7-11,16-17H,12-15,18H2,1-2H3,(H2,32,33)(H,34,37). The molecule has 0 unspecified atom stereocenters. The fourth-order valence-corrected chi connectivity index (χ4v) is 4.11. The van der Waals surface area contributed by atoms with E-state index in [2.05, 4.69) is 27.0 Å². The Balaban J connectivity index is 1.55. The second-order valence-corrected chi connectivity index (χ2v) is 9.00. The van der Waals surface area contributed by atoms with Crippen molar-refractivity contribution in [3.63, 3.8) is 0 Å². The molecule has 0 saturated carbocycles. The number of nitrogens with one attached hydrogen (secondary N) is 1. The van der Waals surface area contributed by atoms with Crippen molar-refractivity contribution in [2.75, 3.05) is 51.4 Å². The zero-order valence-corrected chi connectivity index (χ0v) is 21.1. The van der Waals surface area contributed by atoms with Crippen molar-refractivity contribution < 1.29 is 22.7 Å². The number of rotatable bonds is 5. The van der Waals surface area contributed by atoms with Gasteiger partial charge in [-0.15, -0.1) is 0 Å². The van der Waals surface area contributed by atoms with Crippen molar-refractivity contribution in [3.8, 4) is 17.6 Å². The van der Waals surface area contributed by atoms with Crippen LogP contribution in [0.5, 0.6) is 5.75 Å². The largest absolute Gasteiger partial charge is 0.495 e. The molecule has 1 fully saturated rings. The molecule has 10 heteroatoms. The summed E-state index contributed by atoms with van der Waals surface area (Å²) in [6, 6.07) is 11.9. The first-order chi connectivity index (χ1) is 18.1. The van der Waals surface area contributed by atoms with E-state index in [1.807, 2.05) is 11.9 Å². The minimum Gasteiger partial charge on any atom is -0.495 e. The summed E-state index contributed by atoms with van der Waals surface area (Å²) in [5, 5.41) is 2.58. The van der Waals surface area contributed by atoms with Crippen molar-refractivity contribution in [3.05, 3.63) is 82.5 Å². The van der Waals surface area contributed by atoms with Gasteiger partial charge in [-0.3, -0.25) is 9.69 Å². The minimum atomic E-state index is -4.56. The molecular weight excluding hydrogens is 495 g/mol. The molecule has 38 heavy (non-hydrogen) atoms. The molecule has 2 heterocycles. The van der Waals surface area contributed by atoms with Crippen LogP contribution in [-0.4, -0.2) is 61.0 Å². The summed E-state index contributed by atoms with van der Waals surface area (Å²) in [7, 11) is 3.46. The number of carbonyl (C=O) groups excluding carboxylic acids is 1. The van der Waals surface area contributed by atoms with Crippen LogP contribution in [0.25, 0.3) is 0 Å². The van der Waals surface area contributed by atoms with Gasteiger partial charge in [-0.1, -0.05) is 17.9 Å². The van der Waals surface area contributed by atoms with Gasteiger partial charge in [0.15, 0.2) is 0 Å². The molecule has 2 aromatic carbocycles. The summed E-state index contributed by atoms with van der Waals surface area (Å²) in [5.41, 5.74) is 6.45. The molecule has 1 aliphatic rings. The Kier molecular flexibility index (Phi) is 8.20. The maximum absolute atomic E-state index is 13.9. The molecule has 3 N–H and O–H groups in total. The lowest BCUT2D eigenvalue weighted by molar-refractivity contribution is -0.138. The van der Waals surface area contributed by atoms with E-state index in [0.717, 1.165) is 19.2 Å². The third-order valence-electron chi connectivity index (χ3n) is 6.30. The Hall–Kier alpha value is -4.07. The number of hydrogen-bond donors (Lipinski definition) is 2. The summed E-state index contributed by atoms with van der Waals surface area (Å²) in [4.78, 5) is 21.1. The Morgan fingerprint density at radius 1 is 1.08 bits per heavy atom. The minimum absolute atomic E-state index is 0.0519. The number of aromatic nitrogens is 1. The number of likely N-dealkylation sites (N-methyl/N-ethyl adjacent to an activating group) is 1. The lowest BCUT2D eigenvalue weighted by Crippen LogP contribution is -2.44. The van der Waals surface area contributed by atoms with Gasteiger partial charge < -0.3 is 20.7 Å². The first-order valence-electron chi connectivity index (χ1n) is 12.0. The first kappa shape index (κ1) is 27.0. The predicted octanol–water partition coefficient (Wildman–Crippen LogP) is 4.09. The van der Waals surface area contributed by atoms with Gasteiger partial charge in [0.05, 0.1) is 23.8 Å². The number of carbonyl (C=O) groups is 1. The Morgan fingerprint density at radius 3 is 2.50 bits per heavy atom. The van der Waals surface area contributed by atoms with Gasteiger partial charge in [-0.05, 0) is 55.1 Å². The van der Waals surface area contributed by atoms with Crippen molar-refractivity contribution >= 4 is 17.4 Å². The number of alkyl halides is 3. The average Bonchev–Trinajstić information content (AvgIpc) is 2.89. The first-order valence-corrected chi connectivity index (χ1v) is 12.0. The smallest absolute Gasteiger partial charge is 0.416 e. The van der Waals surface area contributed by atoms with E-state index < -0.39 is 17.6 Å². The highest BCUT2D eigenvalue weighted by molar-refractivity contribution is 6.04. The zero-order valence-electron chi connectivity index (χ0n) is 21.1. The summed E-state index contributed by atoms with van der Waals surface area (Å²) in [6.45, 7) is 3.20. The van der Waals surface area contributed by atoms with Gasteiger partial charge in [0.25, 0.3) is 5.91 Å². The van der Waals surface area contributed by atoms with Crippen LogP contribution in [0.3, 0.4) is 0 Å². The second-order valence-electron chi connectivity index (χ2n) is 9.00. The van der Waals surface area contributed by atoms with Gasteiger partial charge in [-0.25, -0.2) is 4.98 Å². The number of hydrogen-bond acceptors (Lipinski definition) is 6. The van der Waals surface area contributed by atoms with Gasteiger partial charge in [0.1, 0.15) is 11.6 Å². The van der Waals surface area contributed by atoms with E-state index in [1.54, 1.807) is 24.4 Å². The Morgan fingerprint density at radius 2 is 1.82 bits per heavy atom. The molecule has 7 nitrogen and oxygen atoms in total. The predicted molar refractivity (Wildman–Crippen MR) is 140 cm³/mol. The molecule has 0 aliphatic carbocycles. The highest BCUT2D eigenvalue weighted by Crippen LogP contribution is 2.35. The molecule has 0 radical (unpaired) electrons. The van der Waals surface area contributed by atoms with Crippen molar-refractivity contribution in [2.45, 2.75) is 12.7 Å². The van der Waals surface area contributed by atoms with Crippen LogP contribution in [0.15, 0.2) is 54.7 Å². The number of halogens is 3.